The third-order valence-electron chi connectivity index (χ3n) is 5.22. The summed E-state index contributed by atoms with van der Waals surface area (Å²) in [4.78, 5) is 16.1. The number of esters is 1. The van der Waals surface area contributed by atoms with Crippen molar-refractivity contribution in [2.45, 2.75) is 37.8 Å². The Morgan fingerprint density at radius 2 is 2.09 bits per heavy atom. The van der Waals surface area contributed by atoms with E-state index in [-0.39, 0.29) is 12.1 Å². The minimum atomic E-state index is -0.340. The zero-order valence-corrected chi connectivity index (χ0v) is 13.1. The van der Waals surface area contributed by atoms with Crippen LogP contribution in [0.4, 0.5) is 5.69 Å². The van der Waals surface area contributed by atoms with Crippen molar-refractivity contribution in [1.29, 1.82) is 0 Å². The molecule has 23 heavy (non-hydrogen) atoms. The summed E-state index contributed by atoms with van der Waals surface area (Å²) in [5.74, 6) is -0.340. The van der Waals surface area contributed by atoms with Gasteiger partial charge in [-0.25, -0.2) is 4.79 Å². The summed E-state index contributed by atoms with van der Waals surface area (Å²) in [7, 11) is 1.38. The van der Waals surface area contributed by atoms with Crippen LogP contribution in [0.1, 0.15) is 36.0 Å². The van der Waals surface area contributed by atoms with Gasteiger partial charge in [-0.3, -0.25) is 4.98 Å². The summed E-state index contributed by atoms with van der Waals surface area (Å²) in [6.45, 7) is 0. The summed E-state index contributed by atoms with van der Waals surface area (Å²) < 4.78 is 4.79. The summed E-state index contributed by atoms with van der Waals surface area (Å²) in [6, 6.07) is 7.79. The van der Waals surface area contributed by atoms with E-state index in [9.17, 15) is 9.90 Å². The SMILES string of the molecule is COC(=O)c1ccc2nccc(NC3CC4(CC(O)C4)C3)c2c1. The van der Waals surface area contributed by atoms with Crippen LogP contribution in [-0.4, -0.2) is 35.3 Å². The first-order valence-electron chi connectivity index (χ1n) is 8.00. The Kier molecular flexibility index (Phi) is 3.27. The number of carbonyl (C=O) groups is 1. The zero-order chi connectivity index (χ0) is 16.0. The first kappa shape index (κ1) is 14.5. The predicted molar refractivity (Wildman–Crippen MR) is 87.4 cm³/mol. The van der Waals surface area contributed by atoms with Crippen LogP contribution < -0.4 is 5.32 Å². The molecule has 5 heteroatoms. The number of anilines is 1. The number of carbonyl (C=O) groups excluding carboxylic acids is 1. The molecule has 1 aromatic carbocycles. The van der Waals surface area contributed by atoms with Crippen molar-refractivity contribution >= 4 is 22.6 Å². The van der Waals surface area contributed by atoms with Gasteiger partial charge < -0.3 is 15.2 Å². The number of methoxy groups -OCH3 is 1. The van der Waals surface area contributed by atoms with E-state index >= 15 is 0 Å². The molecular weight excluding hydrogens is 292 g/mol. The monoisotopic (exact) mass is 312 g/mol. The molecule has 1 heterocycles. The largest absolute Gasteiger partial charge is 0.465 e. The van der Waals surface area contributed by atoms with Crippen LogP contribution in [-0.2, 0) is 4.74 Å². The number of aromatic nitrogens is 1. The second-order valence-corrected chi connectivity index (χ2v) is 6.89. The average Bonchev–Trinajstić information content (AvgIpc) is 2.50. The Hall–Kier alpha value is -2.14. The molecule has 2 aliphatic carbocycles. The van der Waals surface area contributed by atoms with E-state index < -0.39 is 0 Å². The number of ether oxygens (including phenoxy) is 1. The molecule has 0 aliphatic heterocycles. The predicted octanol–water partition coefficient (Wildman–Crippen LogP) is 2.74. The van der Waals surface area contributed by atoms with Crippen LogP contribution in [0.2, 0.25) is 0 Å². The van der Waals surface area contributed by atoms with Gasteiger partial charge in [-0.15, -0.1) is 0 Å². The standard InChI is InChI=1S/C18H20N2O3/c1-23-17(22)11-2-3-15-14(6-11)16(4-5-19-15)20-12-7-18(8-12)9-13(21)10-18/h2-6,12-13,21H,7-10H2,1H3,(H,19,20). The molecule has 0 unspecified atom stereocenters. The second-order valence-electron chi connectivity index (χ2n) is 6.89. The lowest BCUT2D eigenvalue weighted by Crippen LogP contribution is -2.54. The Bertz CT molecular complexity index is 760. The topological polar surface area (TPSA) is 71.5 Å². The average molecular weight is 312 g/mol. The van der Waals surface area contributed by atoms with Gasteiger partial charge in [0.1, 0.15) is 0 Å². The van der Waals surface area contributed by atoms with Gasteiger partial charge in [-0.1, -0.05) is 0 Å². The Labute approximate surface area is 134 Å². The van der Waals surface area contributed by atoms with Crippen LogP contribution >= 0.6 is 0 Å². The normalized spacial score (nSPS) is 29.0. The van der Waals surface area contributed by atoms with Crippen LogP contribution in [0.5, 0.6) is 0 Å². The lowest BCUT2D eigenvalue weighted by atomic mass is 9.53. The third kappa shape index (κ3) is 2.45. The van der Waals surface area contributed by atoms with E-state index in [4.69, 9.17) is 4.74 Å². The summed E-state index contributed by atoms with van der Waals surface area (Å²) >= 11 is 0. The number of nitrogens with zero attached hydrogens (tertiary/aromatic N) is 1. The molecule has 2 aromatic rings. The highest BCUT2D eigenvalue weighted by atomic mass is 16.5. The van der Waals surface area contributed by atoms with Crippen LogP contribution in [0.25, 0.3) is 10.9 Å². The molecule has 1 spiro atoms. The molecule has 2 aliphatic rings. The maximum atomic E-state index is 11.7. The number of hydrogen-bond acceptors (Lipinski definition) is 5. The molecule has 0 radical (unpaired) electrons. The number of aliphatic hydroxyl groups excluding tert-OH is 1. The summed E-state index contributed by atoms with van der Waals surface area (Å²) in [6.07, 6.45) is 5.77. The summed E-state index contributed by atoms with van der Waals surface area (Å²) in [5.41, 5.74) is 2.76. The van der Waals surface area contributed by atoms with E-state index in [1.165, 1.54) is 7.11 Å². The van der Waals surface area contributed by atoms with E-state index in [1.807, 2.05) is 18.2 Å². The van der Waals surface area contributed by atoms with Gasteiger partial charge in [0.15, 0.2) is 0 Å². The highest BCUT2D eigenvalue weighted by molar-refractivity contribution is 5.98. The molecule has 2 saturated carbocycles. The van der Waals surface area contributed by atoms with Gasteiger partial charge in [-0.2, -0.15) is 0 Å². The van der Waals surface area contributed by atoms with Gasteiger partial charge in [0.2, 0.25) is 0 Å². The number of nitrogens with one attached hydrogen (secondary N) is 1. The van der Waals surface area contributed by atoms with Gasteiger partial charge in [0.25, 0.3) is 0 Å². The zero-order valence-electron chi connectivity index (χ0n) is 13.1. The molecule has 0 amide bonds. The van der Waals surface area contributed by atoms with E-state index in [1.54, 1.807) is 12.3 Å². The van der Waals surface area contributed by atoms with Crippen LogP contribution in [0.3, 0.4) is 0 Å². The minimum absolute atomic E-state index is 0.0969. The Balaban J connectivity index is 1.56. The molecule has 0 atom stereocenters. The molecule has 5 nitrogen and oxygen atoms in total. The van der Waals surface area contributed by atoms with Gasteiger partial charge in [0, 0.05) is 23.3 Å². The maximum Gasteiger partial charge on any atom is 0.337 e. The Morgan fingerprint density at radius 3 is 2.78 bits per heavy atom. The molecule has 1 aromatic heterocycles. The fourth-order valence-electron chi connectivity index (χ4n) is 4.10. The van der Waals surface area contributed by atoms with Crippen LogP contribution in [0, 0.1) is 5.41 Å². The number of fused-ring (bicyclic) bond motifs is 1. The summed E-state index contributed by atoms with van der Waals surface area (Å²) in [5, 5.41) is 14.0. The Morgan fingerprint density at radius 1 is 1.30 bits per heavy atom. The lowest BCUT2D eigenvalue weighted by Gasteiger charge is -2.56. The van der Waals surface area contributed by atoms with E-state index in [2.05, 4.69) is 10.3 Å². The maximum absolute atomic E-state index is 11.7. The van der Waals surface area contributed by atoms with Crippen molar-refractivity contribution in [3.8, 4) is 0 Å². The fourth-order valence-corrected chi connectivity index (χ4v) is 4.10. The van der Waals surface area contributed by atoms with Gasteiger partial charge in [0.05, 0.1) is 24.3 Å². The molecule has 2 fully saturated rings. The highest BCUT2D eigenvalue weighted by Gasteiger charge is 2.52. The van der Waals surface area contributed by atoms with Crippen molar-refractivity contribution in [3.05, 3.63) is 36.0 Å². The second kappa shape index (κ2) is 5.20. The number of pyridine rings is 1. The fraction of sp³-hybridized carbons (Fsp3) is 0.444. The van der Waals surface area contributed by atoms with E-state index in [0.717, 1.165) is 42.3 Å². The molecule has 2 N–H and O–H groups in total. The minimum Gasteiger partial charge on any atom is -0.465 e. The van der Waals surface area contributed by atoms with Crippen LogP contribution in [0.15, 0.2) is 30.5 Å². The molecule has 0 saturated heterocycles. The number of benzene rings is 1. The van der Waals surface area contributed by atoms with Crippen molar-refractivity contribution in [1.82, 2.24) is 4.98 Å². The molecular formula is C18H20N2O3. The van der Waals surface area contributed by atoms with Crippen molar-refractivity contribution < 1.29 is 14.6 Å². The smallest absolute Gasteiger partial charge is 0.337 e. The van der Waals surface area contributed by atoms with Crippen molar-refractivity contribution in [2.75, 3.05) is 12.4 Å². The van der Waals surface area contributed by atoms with Gasteiger partial charge in [-0.05, 0) is 55.4 Å². The van der Waals surface area contributed by atoms with E-state index in [0.29, 0.717) is 17.0 Å². The van der Waals surface area contributed by atoms with Crippen molar-refractivity contribution in [3.63, 3.8) is 0 Å². The molecule has 0 bridgehead atoms. The van der Waals surface area contributed by atoms with Crippen molar-refractivity contribution in [2.24, 2.45) is 5.41 Å². The first-order valence-corrected chi connectivity index (χ1v) is 8.00. The first-order chi connectivity index (χ1) is 11.1. The molecule has 4 rings (SSSR count). The number of hydrogen-bond donors (Lipinski definition) is 2. The molecule has 120 valence electrons. The van der Waals surface area contributed by atoms with Gasteiger partial charge >= 0.3 is 5.97 Å². The third-order valence-corrected chi connectivity index (χ3v) is 5.22. The number of aliphatic hydroxyl groups is 1. The number of rotatable bonds is 3. The highest BCUT2D eigenvalue weighted by Crippen LogP contribution is 2.56. The lowest BCUT2D eigenvalue weighted by molar-refractivity contribution is -0.0867. The quantitative estimate of drug-likeness (QED) is 0.853.